The molecular formula is C24H29N3O5. The van der Waals surface area contributed by atoms with Crippen LogP contribution in [-0.2, 0) is 14.3 Å². The standard InChI is InChI=1S/C24H29N3O5/c1-5-14-12-27-9-8-24(19(27)10-16(14)17(13-30-2)23(29)32-4)22(28)20-18(31-3)7-6-15(11-25)21(20)26-24/h6-7,13-14,16,19,26H,5,8-10,12H2,1-4H3/b17-13+/t14-,16+,19+,24+/m1/s1. The van der Waals surface area contributed by atoms with Crippen LogP contribution in [0, 0.1) is 23.2 Å². The average Bonchev–Trinajstić information content (AvgIpc) is 3.33. The van der Waals surface area contributed by atoms with E-state index in [4.69, 9.17) is 14.2 Å². The molecule has 2 saturated heterocycles. The summed E-state index contributed by atoms with van der Waals surface area (Å²) in [7, 11) is 4.42. The molecule has 32 heavy (non-hydrogen) atoms. The van der Waals surface area contributed by atoms with Crippen molar-refractivity contribution >= 4 is 17.4 Å². The van der Waals surface area contributed by atoms with E-state index in [9.17, 15) is 14.9 Å². The Labute approximate surface area is 188 Å². The van der Waals surface area contributed by atoms with Crippen LogP contribution in [0.15, 0.2) is 24.0 Å². The van der Waals surface area contributed by atoms with E-state index in [0.29, 0.717) is 41.0 Å². The monoisotopic (exact) mass is 439 g/mol. The molecule has 170 valence electrons. The number of nitriles is 1. The number of methoxy groups -OCH3 is 3. The molecule has 0 saturated carbocycles. The Morgan fingerprint density at radius 2 is 2.16 bits per heavy atom. The number of hydrogen-bond donors (Lipinski definition) is 1. The molecule has 4 rings (SSSR count). The third-order valence-electron chi connectivity index (χ3n) is 7.40. The van der Waals surface area contributed by atoms with Gasteiger partial charge in [0.25, 0.3) is 0 Å². The summed E-state index contributed by atoms with van der Waals surface area (Å²) in [4.78, 5) is 28.8. The summed E-state index contributed by atoms with van der Waals surface area (Å²) in [6.07, 6.45) is 3.61. The van der Waals surface area contributed by atoms with Gasteiger partial charge < -0.3 is 19.5 Å². The Morgan fingerprint density at radius 1 is 1.38 bits per heavy atom. The number of hydrogen-bond acceptors (Lipinski definition) is 8. The predicted octanol–water partition coefficient (Wildman–Crippen LogP) is 2.74. The summed E-state index contributed by atoms with van der Waals surface area (Å²) in [6, 6.07) is 5.42. The topological polar surface area (TPSA) is 101 Å². The van der Waals surface area contributed by atoms with Gasteiger partial charge in [0.15, 0.2) is 5.78 Å². The number of ether oxygens (including phenoxy) is 3. The van der Waals surface area contributed by atoms with Crippen molar-refractivity contribution in [3.05, 3.63) is 35.1 Å². The Bertz CT molecular complexity index is 1010. The maximum Gasteiger partial charge on any atom is 0.337 e. The molecule has 0 amide bonds. The van der Waals surface area contributed by atoms with Gasteiger partial charge in [0.05, 0.1) is 50.0 Å². The summed E-state index contributed by atoms with van der Waals surface area (Å²) in [6.45, 7) is 3.66. The lowest BCUT2D eigenvalue weighted by molar-refractivity contribution is -0.137. The number of benzene rings is 1. The van der Waals surface area contributed by atoms with Gasteiger partial charge in [-0.2, -0.15) is 5.26 Å². The molecule has 8 nitrogen and oxygen atoms in total. The fourth-order valence-corrected chi connectivity index (χ4v) is 5.83. The first-order chi connectivity index (χ1) is 15.4. The number of nitrogens with one attached hydrogen (secondary N) is 1. The van der Waals surface area contributed by atoms with Gasteiger partial charge in [-0.15, -0.1) is 0 Å². The van der Waals surface area contributed by atoms with Gasteiger partial charge in [0.1, 0.15) is 17.4 Å². The summed E-state index contributed by atoms with van der Waals surface area (Å²) in [5.74, 6) is 0.167. The van der Waals surface area contributed by atoms with Crippen molar-refractivity contribution in [3.8, 4) is 11.8 Å². The minimum atomic E-state index is -0.853. The third kappa shape index (κ3) is 3.15. The zero-order valence-electron chi connectivity index (χ0n) is 18.9. The van der Waals surface area contributed by atoms with Crippen molar-refractivity contribution in [3.63, 3.8) is 0 Å². The van der Waals surface area contributed by atoms with E-state index in [-0.39, 0.29) is 23.7 Å². The largest absolute Gasteiger partial charge is 0.504 e. The highest BCUT2D eigenvalue weighted by Crippen LogP contribution is 2.51. The summed E-state index contributed by atoms with van der Waals surface area (Å²) in [5, 5.41) is 13.1. The van der Waals surface area contributed by atoms with E-state index in [1.54, 1.807) is 12.1 Å². The van der Waals surface area contributed by atoms with Gasteiger partial charge in [-0.1, -0.05) is 13.3 Å². The number of Topliss-reactive ketones (excluding diaryl/α,β-unsaturated/α-hetero) is 1. The highest BCUT2D eigenvalue weighted by atomic mass is 16.5. The molecule has 0 aromatic heterocycles. The number of fused-ring (bicyclic) bond motifs is 3. The van der Waals surface area contributed by atoms with Gasteiger partial charge in [0.2, 0.25) is 0 Å². The minimum absolute atomic E-state index is 0.0435. The maximum atomic E-state index is 13.9. The fourth-order valence-electron chi connectivity index (χ4n) is 5.83. The molecule has 0 unspecified atom stereocenters. The zero-order valence-corrected chi connectivity index (χ0v) is 18.9. The number of piperidine rings is 1. The Morgan fingerprint density at radius 3 is 2.78 bits per heavy atom. The van der Waals surface area contributed by atoms with Crippen LogP contribution < -0.4 is 10.1 Å². The van der Waals surface area contributed by atoms with E-state index < -0.39 is 11.5 Å². The lowest BCUT2D eigenvalue weighted by Gasteiger charge is -2.45. The van der Waals surface area contributed by atoms with E-state index >= 15 is 0 Å². The first-order valence-electron chi connectivity index (χ1n) is 10.9. The Kier molecular flexibility index (Phi) is 5.87. The fraction of sp³-hybridized carbons (Fsp3) is 0.542. The first-order valence-corrected chi connectivity index (χ1v) is 10.9. The quantitative estimate of drug-likeness (QED) is 0.425. The number of carbonyl (C=O) groups excluding carboxylic acids is 2. The van der Waals surface area contributed by atoms with Crippen molar-refractivity contribution in [1.82, 2.24) is 4.90 Å². The van der Waals surface area contributed by atoms with Crippen LogP contribution in [0.5, 0.6) is 5.75 Å². The molecule has 8 heteroatoms. The first kappa shape index (κ1) is 22.2. The molecule has 1 aromatic carbocycles. The van der Waals surface area contributed by atoms with Crippen LogP contribution in [0.4, 0.5) is 5.69 Å². The number of esters is 1. The smallest absolute Gasteiger partial charge is 0.337 e. The highest BCUT2D eigenvalue weighted by molar-refractivity contribution is 6.17. The number of ketones is 1. The molecule has 0 radical (unpaired) electrons. The summed E-state index contributed by atoms with van der Waals surface area (Å²) < 4.78 is 15.7. The van der Waals surface area contributed by atoms with Crippen LogP contribution in [0.2, 0.25) is 0 Å². The van der Waals surface area contributed by atoms with Crippen LogP contribution >= 0.6 is 0 Å². The molecule has 1 spiro atoms. The molecule has 3 aliphatic heterocycles. The van der Waals surface area contributed by atoms with Gasteiger partial charge in [-0.05, 0) is 36.8 Å². The predicted molar refractivity (Wildman–Crippen MR) is 117 cm³/mol. The van der Waals surface area contributed by atoms with Gasteiger partial charge in [-0.3, -0.25) is 9.69 Å². The third-order valence-corrected chi connectivity index (χ3v) is 7.40. The average molecular weight is 440 g/mol. The lowest BCUT2D eigenvalue weighted by atomic mass is 9.72. The number of nitrogens with zero attached hydrogens (tertiary/aromatic N) is 2. The molecule has 2 fully saturated rings. The van der Waals surface area contributed by atoms with Crippen LogP contribution in [0.1, 0.15) is 42.1 Å². The molecule has 4 atom stereocenters. The van der Waals surface area contributed by atoms with E-state index in [2.05, 4.69) is 23.2 Å². The lowest BCUT2D eigenvalue weighted by Crippen LogP contribution is -2.57. The molecular weight excluding hydrogens is 410 g/mol. The second-order valence-corrected chi connectivity index (χ2v) is 8.67. The van der Waals surface area contributed by atoms with Crippen molar-refractivity contribution in [2.45, 2.75) is 37.8 Å². The van der Waals surface area contributed by atoms with Gasteiger partial charge >= 0.3 is 5.97 Å². The SMILES string of the molecule is CC[C@@H]1CN2CC[C@]3(Nc4c(C#N)ccc(OC)c4C3=O)[C@@H]2C[C@@H]1/C(=C\OC)C(=O)OC. The number of anilines is 1. The van der Waals surface area contributed by atoms with Crippen LogP contribution in [0.3, 0.4) is 0 Å². The molecule has 0 bridgehead atoms. The van der Waals surface area contributed by atoms with Gasteiger partial charge in [0, 0.05) is 19.1 Å². The van der Waals surface area contributed by atoms with Crippen LogP contribution in [0.25, 0.3) is 0 Å². The van der Waals surface area contributed by atoms with Crippen molar-refractivity contribution in [2.24, 2.45) is 11.8 Å². The molecule has 0 aliphatic carbocycles. The van der Waals surface area contributed by atoms with Crippen molar-refractivity contribution in [1.29, 1.82) is 5.26 Å². The van der Waals surface area contributed by atoms with E-state index in [0.717, 1.165) is 19.5 Å². The second-order valence-electron chi connectivity index (χ2n) is 8.67. The zero-order chi connectivity index (χ0) is 23.0. The highest BCUT2D eigenvalue weighted by Gasteiger charge is 2.60. The van der Waals surface area contributed by atoms with E-state index in [1.807, 2.05) is 0 Å². The minimum Gasteiger partial charge on any atom is -0.504 e. The molecule has 1 aromatic rings. The number of carbonyl (C=O) groups is 2. The summed E-state index contributed by atoms with van der Waals surface area (Å²) >= 11 is 0. The maximum absolute atomic E-state index is 13.9. The number of rotatable bonds is 5. The Hall–Kier alpha value is -3.05. The van der Waals surface area contributed by atoms with E-state index in [1.165, 1.54) is 27.6 Å². The summed E-state index contributed by atoms with van der Waals surface area (Å²) in [5.41, 5.74) is 1.07. The van der Waals surface area contributed by atoms with Crippen molar-refractivity contribution < 1.29 is 23.8 Å². The van der Waals surface area contributed by atoms with Gasteiger partial charge in [-0.25, -0.2) is 4.79 Å². The van der Waals surface area contributed by atoms with Crippen LogP contribution in [-0.4, -0.2) is 62.7 Å². The molecule has 3 heterocycles. The molecule has 3 aliphatic rings. The Balaban J connectivity index is 1.75. The normalized spacial score (nSPS) is 29.2. The van der Waals surface area contributed by atoms with Crippen molar-refractivity contribution in [2.75, 3.05) is 39.7 Å². The molecule has 1 N–H and O–H groups in total. The second kappa shape index (κ2) is 8.47.